The van der Waals surface area contributed by atoms with Crippen molar-refractivity contribution in [2.45, 2.75) is 38.5 Å². The molecular formula is C27H31N3O5. The van der Waals surface area contributed by atoms with Gasteiger partial charge in [-0.3, -0.25) is 10.8 Å². The highest BCUT2D eigenvalue weighted by Gasteiger charge is 2.23. The van der Waals surface area contributed by atoms with Gasteiger partial charge in [-0.25, -0.2) is 0 Å². The summed E-state index contributed by atoms with van der Waals surface area (Å²) in [4.78, 5) is 2.50. The van der Waals surface area contributed by atoms with E-state index in [1.54, 1.807) is 6.07 Å². The molecule has 8 nitrogen and oxygen atoms in total. The van der Waals surface area contributed by atoms with Crippen LogP contribution in [-0.4, -0.2) is 49.7 Å². The number of fused-ring (bicyclic) bond motifs is 2. The van der Waals surface area contributed by atoms with Gasteiger partial charge in [0, 0.05) is 19.0 Å². The number of benzene rings is 2. The minimum atomic E-state index is -0.164. The van der Waals surface area contributed by atoms with Gasteiger partial charge in [0.1, 0.15) is 11.3 Å². The first-order chi connectivity index (χ1) is 17.1. The Morgan fingerprint density at radius 3 is 2.71 bits per heavy atom. The second kappa shape index (κ2) is 10.4. The van der Waals surface area contributed by atoms with Crippen LogP contribution in [0.5, 0.6) is 17.2 Å². The Bertz CT molecular complexity index is 1210. The number of nitrogens with one attached hydrogen (secondary N) is 2. The average molecular weight is 478 g/mol. The van der Waals surface area contributed by atoms with Gasteiger partial charge < -0.3 is 28.3 Å². The molecule has 184 valence electrons. The molecule has 2 aliphatic heterocycles. The maximum absolute atomic E-state index is 8.03. The first-order valence-corrected chi connectivity index (χ1v) is 12.2. The van der Waals surface area contributed by atoms with E-state index in [2.05, 4.69) is 17.0 Å². The number of hydrogen-bond donors (Lipinski definition) is 2. The monoisotopic (exact) mass is 477 g/mol. The summed E-state index contributed by atoms with van der Waals surface area (Å²) in [7, 11) is 0. The predicted molar refractivity (Wildman–Crippen MR) is 133 cm³/mol. The molecule has 0 amide bonds. The highest BCUT2D eigenvalue weighted by atomic mass is 16.7. The topological polar surface area (TPSA) is 101 Å². The molecular weight excluding hydrogens is 446 g/mol. The normalized spacial score (nSPS) is 15.9. The molecule has 0 bridgehead atoms. The highest BCUT2D eigenvalue weighted by molar-refractivity contribution is 6.00. The Hall–Kier alpha value is -3.52. The quantitative estimate of drug-likeness (QED) is 0.251. The summed E-state index contributed by atoms with van der Waals surface area (Å²) in [6, 6.07) is 13.7. The Morgan fingerprint density at radius 2 is 1.89 bits per heavy atom. The van der Waals surface area contributed by atoms with Gasteiger partial charge >= 0.3 is 0 Å². The molecule has 8 heteroatoms. The fourth-order valence-corrected chi connectivity index (χ4v) is 4.64. The molecule has 2 aromatic carbocycles. The van der Waals surface area contributed by atoms with Gasteiger partial charge in [0.25, 0.3) is 5.90 Å². The molecule has 0 aliphatic carbocycles. The number of likely N-dealkylation sites (tertiary alicyclic amines) is 1. The van der Waals surface area contributed by atoms with Crippen LogP contribution in [-0.2, 0) is 4.74 Å². The fraction of sp³-hybridized carbons (Fsp3) is 0.407. The summed E-state index contributed by atoms with van der Waals surface area (Å²) in [6.45, 7) is 5.89. The SMILES string of the molecule is CCC(=N)OC(=N)c1cc2c(OCCCN3CCC(c4ccc5c(c4)OCO5)CC3)cccc2o1. The van der Waals surface area contributed by atoms with Gasteiger partial charge in [-0.05, 0) is 68.1 Å². The van der Waals surface area contributed by atoms with Crippen molar-refractivity contribution < 1.29 is 23.4 Å². The van der Waals surface area contributed by atoms with Crippen LogP contribution in [0.25, 0.3) is 11.0 Å². The van der Waals surface area contributed by atoms with E-state index in [9.17, 15) is 0 Å². The molecule has 35 heavy (non-hydrogen) atoms. The van der Waals surface area contributed by atoms with Gasteiger partial charge in [-0.1, -0.05) is 19.1 Å². The van der Waals surface area contributed by atoms with Crippen LogP contribution < -0.4 is 14.2 Å². The number of furan rings is 1. The summed E-state index contributed by atoms with van der Waals surface area (Å²) in [5, 5.41) is 16.5. The third kappa shape index (κ3) is 5.27. The molecule has 1 aromatic heterocycles. The molecule has 3 aromatic rings. The Morgan fingerprint density at radius 1 is 1.06 bits per heavy atom. The summed E-state index contributed by atoms with van der Waals surface area (Å²) in [6.07, 6.45) is 3.64. The minimum Gasteiger partial charge on any atom is -0.493 e. The van der Waals surface area contributed by atoms with Crippen LogP contribution in [0.1, 0.15) is 49.8 Å². The van der Waals surface area contributed by atoms with Crippen LogP contribution in [0.3, 0.4) is 0 Å². The Labute approximate surface area is 204 Å². The molecule has 0 spiro atoms. The van der Waals surface area contributed by atoms with Crippen LogP contribution in [0.2, 0.25) is 0 Å². The number of nitrogens with zero attached hydrogens (tertiary/aromatic N) is 1. The van der Waals surface area contributed by atoms with Gasteiger partial charge in [0.15, 0.2) is 23.2 Å². The number of rotatable bonds is 8. The van der Waals surface area contributed by atoms with E-state index in [-0.39, 0.29) is 11.8 Å². The molecule has 0 unspecified atom stereocenters. The van der Waals surface area contributed by atoms with Crippen molar-refractivity contribution in [3.05, 3.63) is 53.8 Å². The van der Waals surface area contributed by atoms with Crippen molar-refractivity contribution in [2.24, 2.45) is 0 Å². The van der Waals surface area contributed by atoms with E-state index in [0.717, 1.165) is 61.5 Å². The van der Waals surface area contributed by atoms with Crippen molar-refractivity contribution in [2.75, 3.05) is 33.0 Å². The van der Waals surface area contributed by atoms with Crippen LogP contribution >= 0.6 is 0 Å². The molecule has 3 heterocycles. The van der Waals surface area contributed by atoms with Crippen molar-refractivity contribution in [3.63, 3.8) is 0 Å². The number of hydrogen-bond acceptors (Lipinski definition) is 8. The molecule has 1 fully saturated rings. The molecule has 2 aliphatic rings. The summed E-state index contributed by atoms with van der Waals surface area (Å²) in [5.41, 5.74) is 1.98. The van der Waals surface area contributed by atoms with Crippen LogP contribution in [0, 0.1) is 10.8 Å². The van der Waals surface area contributed by atoms with Crippen molar-refractivity contribution in [3.8, 4) is 17.2 Å². The lowest BCUT2D eigenvalue weighted by atomic mass is 9.89. The van der Waals surface area contributed by atoms with E-state index in [1.807, 2.05) is 31.2 Å². The zero-order chi connectivity index (χ0) is 24.2. The van der Waals surface area contributed by atoms with E-state index in [4.69, 9.17) is 34.2 Å². The summed E-state index contributed by atoms with van der Waals surface area (Å²) in [5.74, 6) is 3.17. The first-order valence-electron chi connectivity index (χ1n) is 12.2. The molecule has 0 saturated carbocycles. The van der Waals surface area contributed by atoms with Gasteiger partial charge in [0.05, 0.1) is 12.0 Å². The van der Waals surface area contributed by atoms with Crippen molar-refractivity contribution in [1.29, 1.82) is 10.8 Å². The van der Waals surface area contributed by atoms with Gasteiger partial charge in [-0.2, -0.15) is 0 Å². The standard InChI is InChI=1S/C27H31N3O5/c1-2-26(28)35-27(29)25-16-20-21(5-3-6-22(20)34-25)31-14-4-11-30-12-9-18(10-13-30)19-7-8-23-24(15-19)33-17-32-23/h3,5-8,15-16,18,28-29H,2,4,9-14,17H2,1H3. The largest absolute Gasteiger partial charge is 0.493 e. The zero-order valence-corrected chi connectivity index (χ0v) is 20.0. The van der Waals surface area contributed by atoms with Crippen molar-refractivity contribution in [1.82, 2.24) is 4.90 Å². The van der Waals surface area contributed by atoms with Crippen molar-refractivity contribution >= 4 is 22.8 Å². The maximum atomic E-state index is 8.03. The average Bonchev–Trinajstić information content (AvgIpc) is 3.54. The second-order valence-electron chi connectivity index (χ2n) is 8.92. The van der Waals surface area contributed by atoms with Crippen LogP contribution in [0.4, 0.5) is 0 Å². The summed E-state index contributed by atoms with van der Waals surface area (Å²) < 4.78 is 28.0. The molecule has 0 radical (unpaired) electrons. The zero-order valence-electron chi connectivity index (χ0n) is 20.0. The van der Waals surface area contributed by atoms with Gasteiger partial charge in [-0.15, -0.1) is 0 Å². The Kier molecular flexibility index (Phi) is 6.90. The van der Waals surface area contributed by atoms with E-state index in [0.29, 0.717) is 37.1 Å². The smallest absolute Gasteiger partial charge is 0.256 e. The lowest BCUT2D eigenvalue weighted by Gasteiger charge is -2.32. The Balaban J connectivity index is 1.09. The molecule has 0 atom stereocenters. The molecule has 1 saturated heterocycles. The second-order valence-corrected chi connectivity index (χ2v) is 8.92. The maximum Gasteiger partial charge on any atom is 0.256 e. The molecule has 2 N–H and O–H groups in total. The first kappa shape index (κ1) is 23.2. The lowest BCUT2D eigenvalue weighted by molar-refractivity contribution is 0.173. The number of piperidine rings is 1. The van der Waals surface area contributed by atoms with Crippen LogP contribution in [0.15, 0.2) is 46.9 Å². The third-order valence-electron chi connectivity index (χ3n) is 6.62. The van der Waals surface area contributed by atoms with E-state index in [1.165, 1.54) is 5.56 Å². The van der Waals surface area contributed by atoms with E-state index < -0.39 is 0 Å². The lowest BCUT2D eigenvalue weighted by Crippen LogP contribution is -2.34. The predicted octanol–water partition coefficient (Wildman–Crippen LogP) is 5.54. The third-order valence-corrected chi connectivity index (χ3v) is 6.62. The minimum absolute atomic E-state index is 0.0341. The number of ether oxygens (including phenoxy) is 4. The van der Waals surface area contributed by atoms with Gasteiger partial charge in [0.2, 0.25) is 6.79 Å². The summed E-state index contributed by atoms with van der Waals surface area (Å²) >= 11 is 0. The highest BCUT2D eigenvalue weighted by Crippen LogP contribution is 2.37. The van der Waals surface area contributed by atoms with E-state index >= 15 is 0 Å². The molecule has 5 rings (SSSR count). The fourth-order valence-electron chi connectivity index (χ4n) is 4.64.